The Kier molecular flexibility index (Phi) is 6.08. The van der Waals surface area contributed by atoms with Crippen LogP contribution in [0.3, 0.4) is 0 Å². The first-order valence-electron chi connectivity index (χ1n) is 8.70. The molecule has 1 aliphatic rings. The number of nitrogens with one attached hydrogen (secondary N) is 1. The van der Waals surface area contributed by atoms with Crippen LogP contribution in [0.5, 0.6) is 0 Å². The Labute approximate surface area is 158 Å². The number of carbonyl (C=O) groups is 2. The van der Waals surface area contributed by atoms with Gasteiger partial charge in [0.15, 0.2) is 0 Å². The SMILES string of the molecule is O=C(Nc1ccccc1)C1CCN(C(=O)/C=C/c2cccc(Cl)c2)CC1. The minimum atomic E-state index is -0.0591. The molecule has 0 atom stereocenters. The minimum absolute atomic E-state index is 0.0257. The highest BCUT2D eigenvalue weighted by Crippen LogP contribution is 2.20. The number of hydrogen-bond donors (Lipinski definition) is 1. The van der Waals surface area contributed by atoms with Gasteiger partial charge in [-0.3, -0.25) is 9.59 Å². The van der Waals surface area contributed by atoms with Crippen LogP contribution in [-0.4, -0.2) is 29.8 Å². The first-order chi connectivity index (χ1) is 12.6. The zero-order valence-corrected chi connectivity index (χ0v) is 15.2. The summed E-state index contributed by atoms with van der Waals surface area (Å²) in [5.74, 6) is -0.0687. The van der Waals surface area contributed by atoms with Crippen molar-refractivity contribution in [2.45, 2.75) is 12.8 Å². The molecule has 4 nitrogen and oxygen atoms in total. The summed E-state index contributed by atoms with van der Waals surface area (Å²) in [4.78, 5) is 26.5. The third-order valence-electron chi connectivity index (χ3n) is 4.49. The molecule has 2 aromatic carbocycles. The van der Waals surface area contributed by atoms with Crippen molar-refractivity contribution in [2.75, 3.05) is 18.4 Å². The average molecular weight is 369 g/mol. The monoisotopic (exact) mass is 368 g/mol. The molecule has 0 spiro atoms. The number of para-hydroxylation sites is 1. The summed E-state index contributed by atoms with van der Waals surface area (Å²) in [6.07, 6.45) is 4.68. The van der Waals surface area contributed by atoms with Gasteiger partial charge in [-0.05, 0) is 48.7 Å². The second kappa shape index (κ2) is 8.68. The number of anilines is 1. The van der Waals surface area contributed by atoms with Crippen molar-refractivity contribution < 1.29 is 9.59 Å². The first kappa shape index (κ1) is 18.2. The molecule has 2 aromatic rings. The van der Waals surface area contributed by atoms with Gasteiger partial charge in [-0.25, -0.2) is 0 Å². The van der Waals surface area contributed by atoms with Crippen molar-refractivity contribution >= 4 is 35.2 Å². The van der Waals surface area contributed by atoms with Crippen LogP contribution in [0, 0.1) is 5.92 Å². The van der Waals surface area contributed by atoms with E-state index in [2.05, 4.69) is 5.32 Å². The molecule has 1 heterocycles. The van der Waals surface area contributed by atoms with E-state index in [0.29, 0.717) is 31.0 Å². The van der Waals surface area contributed by atoms with Gasteiger partial charge in [-0.15, -0.1) is 0 Å². The number of halogens is 1. The van der Waals surface area contributed by atoms with Gasteiger partial charge in [0, 0.05) is 35.8 Å². The van der Waals surface area contributed by atoms with Gasteiger partial charge in [0.2, 0.25) is 11.8 Å². The van der Waals surface area contributed by atoms with E-state index in [1.54, 1.807) is 23.1 Å². The summed E-state index contributed by atoms with van der Waals surface area (Å²) in [6.45, 7) is 1.18. The Morgan fingerprint density at radius 3 is 2.46 bits per heavy atom. The van der Waals surface area contributed by atoms with E-state index >= 15 is 0 Å². The molecular weight excluding hydrogens is 348 g/mol. The largest absolute Gasteiger partial charge is 0.339 e. The fourth-order valence-electron chi connectivity index (χ4n) is 3.01. The van der Waals surface area contributed by atoms with Crippen LogP contribution >= 0.6 is 11.6 Å². The van der Waals surface area contributed by atoms with E-state index in [1.807, 2.05) is 48.5 Å². The van der Waals surface area contributed by atoms with Gasteiger partial charge in [0.25, 0.3) is 0 Å². The maximum Gasteiger partial charge on any atom is 0.246 e. The van der Waals surface area contributed by atoms with Crippen molar-refractivity contribution in [3.05, 3.63) is 71.3 Å². The lowest BCUT2D eigenvalue weighted by molar-refractivity contribution is -0.130. The van der Waals surface area contributed by atoms with E-state index in [1.165, 1.54) is 0 Å². The second-order valence-electron chi connectivity index (χ2n) is 6.34. The lowest BCUT2D eigenvalue weighted by Crippen LogP contribution is -2.40. The van der Waals surface area contributed by atoms with E-state index in [9.17, 15) is 9.59 Å². The second-order valence-corrected chi connectivity index (χ2v) is 6.78. The van der Waals surface area contributed by atoms with Gasteiger partial charge in [0.05, 0.1) is 0 Å². The molecule has 2 amide bonds. The van der Waals surface area contributed by atoms with Gasteiger partial charge in [-0.2, -0.15) is 0 Å². The molecule has 0 aromatic heterocycles. The predicted molar refractivity (Wildman–Crippen MR) is 105 cm³/mol. The molecule has 134 valence electrons. The average Bonchev–Trinajstić information content (AvgIpc) is 2.67. The van der Waals surface area contributed by atoms with Crippen molar-refractivity contribution in [1.82, 2.24) is 4.90 Å². The normalized spacial score (nSPS) is 15.2. The molecule has 1 fully saturated rings. The molecule has 0 aliphatic carbocycles. The number of hydrogen-bond acceptors (Lipinski definition) is 2. The summed E-state index contributed by atoms with van der Waals surface area (Å²) >= 11 is 5.95. The van der Waals surface area contributed by atoms with Crippen molar-refractivity contribution in [3.63, 3.8) is 0 Å². The summed E-state index contributed by atoms with van der Waals surface area (Å²) < 4.78 is 0. The Bertz CT molecular complexity index is 797. The smallest absolute Gasteiger partial charge is 0.246 e. The Balaban J connectivity index is 1.50. The minimum Gasteiger partial charge on any atom is -0.339 e. The Hall–Kier alpha value is -2.59. The topological polar surface area (TPSA) is 49.4 Å². The molecular formula is C21H21ClN2O2. The van der Waals surface area contributed by atoms with Crippen LogP contribution < -0.4 is 5.32 Å². The highest BCUT2D eigenvalue weighted by atomic mass is 35.5. The summed E-state index contributed by atoms with van der Waals surface area (Å²) in [5.41, 5.74) is 1.70. The quantitative estimate of drug-likeness (QED) is 0.821. The maximum absolute atomic E-state index is 12.3. The van der Waals surface area contributed by atoms with Crippen LogP contribution in [0.25, 0.3) is 6.08 Å². The molecule has 1 aliphatic heterocycles. The molecule has 1 N–H and O–H groups in total. The van der Waals surface area contributed by atoms with Crippen LogP contribution in [0.2, 0.25) is 5.02 Å². The Morgan fingerprint density at radius 2 is 1.77 bits per heavy atom. The summed E-state index contributed by atoms with van der Waals surface area (Å²) in [5, 5.41) is 3.58. The number of benzene rings is 2. The van der Waals surface area contributed by atoms with Crippen LogP contribution in [0.15, 0.2) is 60.7 Å². The van der Waals surface area contributed by atoms with E-state index < -0.39 is 0 Å². The van der Waals surface area contributed by atoms with Gasteiger partial charge < -0.3 is 10.2 Å². The summed E-state index contributed by atoms with van der Waals surface area (Å²) in [6, 6.07) is 16.8. The number of rotatable bonds is 4. The number of carbonyl (C=O) groups excluding carboxylic acids is 2. The van der Waals surface area contributed by atoms with Crippen LogP contribution in [-0.2, 0) is 9.59 Å². The number of likely N-dealkylation sites (tertiary alicyclic amines) is 1. The highest BCUT2D eigenvalue weighted by molar-refractivity contribution is 6.30. The molecule has 5 heteroatoms. The molecule has 0 radical (unpaired) electrons. The van der Waals surface area contributed by atoms with E-state index in [-0.39, 0.29) is 17.7 Å². The molecule has 0 saturated carbocycles. The number of nitrogens with zero attached hydrogens (tertiary/aromatic N) is 1. The zero-order valence-electron chi connectivity index (χ0n) is 14.4. The Morgan fingerprint density at radius 1 is 1.04 bits per heavy atom. The van der Waals surface area contributed by atoms with Gasteiger partial charge in [-0.1, -0.05) is 41.9 Å². The zero-order chi connectivity index (χ0) is 18.4. The van der Waals surface area contributed by atoms with Gasteiger partial charge >= 0.3 is 0 Å². The lowest BCUT2D eigenvalue weighted by Gasteiger charge is -2.30. The predicted octanol–water partition coefficient (Wildman–Crippen LogP) is 4.23. The third-order valence-corrected chi connectivity index (χ3v) is 4.72. The molecule has 3 rings (SSSR count). The molecule has 0 unspecified atom stereocenters. The molecule has 26 heavy (non-hydrogen) atoms. The van der Waals surface area contributed by atoms with Crippen molar-refractivity contribution in [1.29, 1.82) is 0 Å². The van der Waals surface area contributed by atoms with Crippen LogP contribution in [0.4, 0.5) is 5.69 Å². The fourth-order valence-corrected chi connectivity index (χ4v) is 3.21. The lowest BCUT2D eigenvalue weighted by atomic mass is 9.95. The number of amides is 2. The van der Waals surface area contributed by atoms with Gasteiger partial charge in [0.1, 0.15) is 0 Å². The van der Waals surface area contributed by atoms with E-state index in [0.717, 1.165) is 11.3 Å². The molecule has 1 saturated heterocycles. The standard InChI is InChI=1S/C21H21ClN2O2/c22-18-6-4-5-16(15-18)9-10-20(25)24-13-11-17(12-14-24)21(26)23-19-7-2-1-3-8-19/h1-10,15,17H,11-14H2,(H,23,26)/b10-9+. The third kappa shape index (κ3) is 4.96. The summed E-state index contributed by atoms with van der Waals surface area (Å²) in [7, 11) is 0. The van der Waals surface area contributed by atoms with Crippen LogP contribution in [0.1, 0.15) is 18.4 Å². The fraction of sp³-hybridized carbons (Fsp3) is 0.238. The molecule has 0 bridgehead atoms. The maximum atomic E-state index is 12.3. The first-order valence-corrected chi connectivity index (χ1v) is 9.08. The van der Waals surface area contributed by atoms with E-state index in [4.69, 9.17) is 11.6 Å². The highest BCUT2D eigenvalue weighted by Gasteiger charge is 2.26. The number of piperidine rings is 1. The van der Waals surface area contributed by atoms with Crippen molar-refractivity contribution in [2.24, 2.45) is 5.92 Å². The van der Waals surface area contributed by atoms with Crippen molar-refractivity contribution in [3.8, 4) is 0 Å².